The van der Waals surface area contributed by atoms with Gasteiger partial charge in [-0.25, -0.2) is 0 Å². The van der Waals surface area contributed by atoms with Crippen LogP contribution in [0.1, 0.15) is 25.3 Å². The Bertz CT molecular complexity index is 422. The van der Waals surface area contributed by atoms with Gasteiger partial charge in [0.05, 0.1) is 11.0 Å². The molecule has 1 aromatic carbocycles. The largest absolute Gasteiger partial charge is 0.378 e. The highest BCUT2D eigenvalue weighted by atomic mass is 16.6. The van der Waals surface area contributed by atoms with E-state index in [1.807, 2.05) is 6.07 Å². The summed E-state index contributed by atoms with van der Waals surface area (Å²) in [5.41, 5.74) is 1.10. The number of nitro groups is 1. The minimum absolute atomic E-state index is 0.148. The average molecular weight is 250 g/mol. The highest BCUT2D eigenvalue weighted by Gasteiger charge is 2.18. The summed E-state index contributed by atoms with van der Waals surface area (Å²) in [4.78, 5) is 10.3. The van der Waals surface area contributed by atoms with E-state index in [0.29, 0.717) is 18.7 Å². The number of benzene rings is 1. The molecule has 0 aliphatic carbocycles. The average Bonchev–Trinajstić information content (AvgIpc) is 2.37. The predicted octanol–water partition coefficient (Wildman–Crippen LogP) is 2.25. The van der Waals surface area contributed by atoms with E-state index in [-0.39, 0.29) is 10.6 Å². The Morgan fingerprint density at radius 3 is 3.11 bits per heavy atom. The van der Waals surface area contributed by atoms with Gasteiger partial charge < -0.3 is 10.1 Å². The number of rotatable bonds is 4. The highest BCUT2D eigenvalue weighted by Crippen LogP contribution is 2.16. The van der Waals surface area contributed by atoms with Crippen molar-refractivity contribution >= 4 is 5.69 Å². The van der Waals surface area contributed by atoms with Gasteiger partial charge in [-0.05, 0) is 25.3 Å². The number of non-ortho nitro benzene ring substituents is 1. The number of nitro benzene ring substituents is 1. The summed E-state index contributed by atoms with van der Waals surface area (Å²) in [6.07, 6.45) is 2.29. The van der Waals surface area contributed by atoms with Crippen LogP contribution < -0.4 is 5.32 Å². The fraction of sp³-hybridized carbons (Fsp3) is 0.538. The fourth-order valence-corrected chi connectivity index (χ4v) is 2.23. The third-order valence-corrected chi connectivity index (χ3v) is 3.20. The van der Waals surface area contributed by atoms with Crippen LogP contribution in [0.5, 0.6) is 0 Å². The normalized spacial score (nSPS) is 23.8. The lowest BCUT2D eigenvalue weighted by molar-refractivity contribution is -0.384. The standard InChI is InChI=1S/C13H18N2O3/c1-10-7-12(5-6-18-10)14-9-11-3-2-4-13(8-11)15(16)17/h2-4,8,10,12,14H,5-7,9H2,1H3. The van der Waals surface area contributed by atoms with Crippen molar-refractivity contribution in [1.82, 2.24) is 5.32 Å². The van der Waals surface area contributed by atoms with Crippen LogP contribution in [0, 0.1) is 10.1 Å². The van der Waals surface area contributed by atoms with Crippen LogP contribution in [0.15, 0.2) is 24.3 Å². The summed E-state index contributed by atoms with van der Waals surface area (Å²) in [7, 11) is 0. The van der Waals surface area contributed by atoms with Crippen LogP contribution in [0.3, 0.4) is 0 Å². The summed E-state index contributed by atoms with van der Waals surface area (Å²) in [5, 5.41) is 14.1. The van der Waals surface area contributed by atoms with Crippen LogP contribution in [-0.4, -0.2) is 23.7 Å². The van der Waals surface area contributed by atoms with Gasteiger partial charge in [-0.2, -0.15) is 0 Å². The molecule has 1 aliphatic heterocycles. The Hall–Kier alpha value is -1.46. The number of ether oxygens (including phenoxy) is 1. The molecule has 1 saturated heterocycles. The van der Waals surface area contributed by atoms with Crippen molar-refractivity contribution in [2.45, 2.75) is 38.5 Å². The first-order valence-electron chi connectivity index (χ1n) is 6.23. The molecule has 1 aromatic rings. The van der Waals surface area contributed by atoms with Crippen molar-refractivity contribution in [3.05, 3.63) is 39.9 Å². The quantitative estimate of drug-likeness (QED) is 0.657. The van der Waals surface area contributed by atoms with Gasteiger partial charge in [0.15, 0.2) is 0 Å². The van der Waals surface area contributed by atoms with E-state index >= 15 is 0 Å². The molecule has 2 rings (SSSR count). The smallest absolute Gasteiger partial charge is 0.269 e. The fourth-order valence-electron chi connectivity index (χ4n) is 2.23. The molecule has 5 heteroatoms. The van der Waals surface area contributed by atoms with E-state index in [1.165, 1.54) is 6.07 Å². The number of hydrogen-bond acceptors (Lipinski definition) is 4. The van der Waals surface area contributed by atoms with Crippen molar-refractivity contribution in [2.75, 3.05) is 6.61 Å². The molecule has 0 spiro atoms. The lowest BCUT2D eigenvalue weighted by Crippen LogP contribution is -2.37. The van der Waals surface area contributed by atoms with Crippen LogP contribution in [-0.2, 0) is 11.3 Å². The van der Waals surface area contributed by atoms with E-state index in [9.17, 15) is 10.1 Å². The predicted molar refractivity (Wildman–Crippen MR) is 68.4 cm³/mol. The van der Waals surface area contributed by atoms with E-state index in [0.717, 1.165) is 25.0 Å². The van der Waals surface area contributed by atoms with Gasteiger partial charge in [-0.15, -0.1) is 0 Å². The van der Waals surface area contributed by atoms with Crippen LogP contribution in [0.2, 0.25) is 0 Å². The topological polar surface area (TPSA) is 64.4 Å². The lowest BCUT2D eigenvalue weighted by Gasteiger charge is -2.28. The van der Waals surface area contributed by atoms with Gasteiger partial charge in [-0.1, -0.05) is 12.1 Å². The SMILES string of the molecule is CC1CC(NCc2cccc([N+](=O)[O-])c2)CCO1. The second-order valence-electron chi connectivity index (χ2n) is 4.71. The van der Waals surface area contributed by atoms with Crippen LogP contribution in [0.25, 0.3) is 0 Å². The van der Waals surface area contributed by atoms with Crippen molar-refractivity contribution in [2.24, 2.45) is 0 Å². The highest BCUT2D eigenvalue weighted by molar-refractivity contribution is 5.34. The second-order valence-corrected chi connectivity index (χ2v) is 4.71. The lowest BCUT2D eigenvalue weighted by atomic mass is 10.0. The molecule has 1 N–H and O–H groups in total. The Morgan fingerprint density at radius 2 is 2.39 bits per heavy atom. The third kappa shape index (κ3) is 3.51. The molecule has 5 nitrogen and oxygen atoms in total. The maximum absolute atomic E-state index is 10.7. The van der Waals surface area contributed by atoms with E-state index in [1.54, 1.807) is 12.1 Å². The van der Waals surface area contributed by atoms with E-state index < -0.39 is 0 Å². The Kier molecular flexibility index (Phi) is 4.28. The molecule has 1 aliphatic rings. The molecule has 1 heterocycles. The second kappa shape index (κ2) is 5.93. The first-order valence-corrected chi connectivity index (χ1v) is 6.23. The van der Waals surface area contributed by atoms with E-state index in [4.69, 9.17) is 4.74 Å². The van der Waals surface area contributed by atoms with Crippen LogP contribution in [0.4, 0.5) is 5.69 Å². The molecule has 1 fully saturated rings. The minimum Gasteiger partial charge on any atom is -0.378 e. The third-order valence-electron chi connectivity index (χ3n) is 3.20. The maximum Gasteiger partial charge on any atom is 0.269 e. The molecule has 2 atom stereocenters. The summed E-state index contributed by atoms with van der Waals surface area (Å²) in [6.45, 7) is 3.52. The molecule has 0 radical (unpaired) electrons. The summed E-state index contributed by atoms with van der Waals surface area (Å²) < 4.78 is 5.48. The summed E-state index contributed by atoms with van der Waals surface area (Å²) >= 11 is 0. The molecule has 18 heavy (non-hydrogen) atoms. The molecule has 0 aromatic heterocycles. The molecular weight excluding hydrogens is 232 g/mol. The minimum atomic E-state index is -0.361. The van der Waals surface area contributed by atoms with Crippen molar-refractivity contribution in [1.29, 1.82) is 0 Å². The molecule has 98 valence electrons. The first-order chi connectivity index (χ1) is 8.65. The van der Waals surface area contributed by atoms with Gasteiger partial charge >= 0.3 is 0 Å². The zero-order chi connectivity index (χ0) is 13.0. The summed E-state index contributed by atoms with van der Waals surface area (Å²) in [6, 6.07) is 7.20. The van der Waals surface area contributed by atoms with Crippen molar-refractivity contribution in [3.63, 3.8) is 0 Å². The van der Waals surface area contributed by atoms with Crippen molar-refractivity contribution < 1.29 is 9.66 Å². The Balaban J connectivity index is 1.89. The molecule has 0 amide bonds. The van der Waals surface area contributed by atoms with Gasteiger partial charge in [0.2, 0.25) is 0 Å². The van der Waals surface area contributed by atoms with Crippen molar-refractivity contribution in [3.8, 4) is 0 Å². The zero-order valence-electron chi connectivity index (χ0n) is 10.5. The number of nitrogens with zero attached hydrogens (tertiary/aromatic N) is 1. The molecular formula is C13H18N2O3. The number of nitrogens with one attached hydrogen (secondary N) is 1. The maximum atomic E-state index is 10.7. The Morgan fingerprint density at radius 1 is 1.56 bits per heavy atom. The molecule has 0 bridgehead atoms. The zero-order valence-corrected chi connectivity index (χ0v) is 10.5. The van der Waals surface area contributed by atoms with Gasteiger partial charge in [0.1, 0.15) is 0 Å². The van der Waals surface area contributed by atoms with Crippen LogP contribution >= 0.6 is 0 Å². The number of hydrogen-bond donors (Lipinski definition) is 1. The first kappa shape index (κ1) is 13.0. The van der Waals surface area contributed by atoms with Gasteiger partial charge in [0.25, 0.3) is 5.69 Å². The van der Waals surface area contributed by atoms with Gasteiger partial charge in [-0.3, -0.25) is 10.1 Å². The Labute approximate surface area is 106 Å². The van der Waals surface area contributed by atoms with E-state index in [2.05, 4.69) is 12.2 Å². The molecule has 0 saturated carbocycles. The molecule has 2 unspecified atom stereocenters. The monoisotopic (exact) mass is 250 g/mol. The summed E-state index contributed by atoms with van der Waals surface area (Å²) in [5.74, 6) is 0. The van der Waals surface area contributed by atoms with Gasteiger partial charge in [0, 0.05) is 31.3 Å².